The lowest BCUT2D eigenvalue weighted by atomic mass is 10.2. The first-order chi connectivity index (χ1) is 14.5. The monoisotopic (exact) mass is 443 g/mol. The molecule has 0 spiro atoms. The van der Waals surface area contributed by atoms with Crippen LogP contribution in [-0.2, 0) is 24.4 Å². The van der Waals surface area contributed by atoms with Crippen molar-refractivity contribution >= 4 is 29.7 Å². The zero-order chi connectivity index (χ0) is 21.5. The van der Waals surface area contributed by atoms with Gasteiger partial charge in [0.1, 0.15) is 0 Å². The van der Waals surface area contributed by atoms with Crippen molar-refractivity contribution in [3.05, 3.63) is 64.1 Å². The fourth-order valence-electron chi connectivity index (χ4n) is 3.16. The van der Waals surface area contributed by atoms with E-state index >= 15 is 0 Å². The summed E-state index contributed by atoms with van der Waals surface area (Å²) in [5.41, 5.74) is 1.96. The Morgan fingerprint density at radius 1 is 1.20 bits per heavy atom. The molecule has 0 aliphatic carbocycles. The van der Waals surface area contributed by atoms with Gasteiger partial charge in [0, 0.05) is 49.5 Å². The van der Waals surface area contributed by atoms with Crippen molar-refractivity contribution in [2.75, 3.05) is 7.05 Å². The SMILES string of the molecule is CCCCn1c(-c2ccc(Cl)cc2)nn(CCC(=O)N(C)Cc2cccnc2)c1=S. The van der Waals surface area contributed by atoms with Gasteiger partial charge in [-0.3, -0.25) is 14.3 Å². The molecule has 2 heterocycles. The van der Waals surface area contributed by atoms with Gasteiger partial charge in [-0.15, -0.1) is 0 Å². The highest BCUT2D eigenvalue weighted by molar-refractivity contribution is 7.71. The third-order valence-electron chi connectivity index (χ3n) is 4.87. The summed E-state index contributed by atoms with van der Waals surface area (Å²) in [7, 11) is 1.80. The Balaban J connectivity index is 1.74. The standard InChI is InChI=1S/C22H26ClN5OS/c1-3-4-13-27-21(18-7-9-19(23)10-8-18)25-28(22(27)30)14-11-20(29)26(2)16-17-6-5-12-24-15-17/h5-10,12,15H,3-4,11,13-14,16H2,1-2H3. The number of hydrogen-bond acceptors (Lipinski definition) is 4. The number of nitrogens with zero attached hydrogens (tertiary/aromatic N) is 5. The first-order valence-electron chi connectivity index (χ1n) is 10.1. The largest absolute Gasteiger partial charge is 0.341 e. The molecule has 0 N–H and O–H groups in total. The first-order valence-corrected chi connectivity index (χ1v) is 10.8. The molecular formula is C22H26ClN5OS. The van der Waals surface area contributed by atoms with Gasteiger partial charge in [-0.05, 0) is 54.5 Å². The summed E-state index contributed by atoms with van der Waals surface area (Å²) in [5, 5.41) is 5.41. The number of carbonyl (C=O) groups is 1. The van der Waals surface area contributed by atoms with Gasteiger partial charge in [-0.25, -0.2) is 4.68 Å². The van der Waals surface area contributed by atoms with Crippen LogP contribution in [0.25, 0.3) is 11.4 Å². The zero-order valence-corrected chi connectivity index (χ0v) is 18.9. The summed E-state index contributed by atoms with van der Waals surface area (Å²) in [6, 6.07) is 11.4. The second-order valence-corrected chi connectivity index (χ2v) is 8.00. The van der Waals surface area contributed by atoms with E-state index in [0.29, 0.717) is 29.3 Å². The number of benzene rings is 1. The fraction of sp³-hybridized carbons (Fsp3) is 0.364. The number of halogens is 1. The maximum Gasteiger partial charge on any atom is 0.224 e. The lowest BCUT2D eigenvalue weighted by molar-refractivity contribution is -0.130. The quantitative estimate of drug-likeness (QED) is 0.438. The van der Waals surface area contributed by atoms with Gasteiger partial charge in [0.05, 0.1) is 6.54 Å². The Labute approximate surface area is 187 Å². The predicted octanol–water partition coefficient (Wildman–Crippen LogP) is 4.98. The highest BCUT2D eigenvalue weighted by Gasteiger charge is 2.15. The van der Waals surface area contributed by atoms with Crippen molar-refractivity contribution in [3.63, 3.8) is 0 Å². The summed E-state index contributed by atoms with van der Waals surface area (Å²) in [6.07, 6.45) is 5.89. The van der Waals surface area contributed by atoms with Gasteiger partial charge in [0.25, 0.3) is 0 Å². The topological polar surface area (TPSA) is 56.0 Å². The maximum absolute atomic E-state index is 12.6. The molecule has 0 bridgehead atoms. The third-order valence-corrected chi connectivity index (χ3v) is 5.55. The average molecular weight is 444 g/mol. The Hall–Kier alpha value is -2.51. The van der Waals surface area contributed by atoms with Crippen LogP contribution in [0.15, 0.2) is 48.8 Å². The van der Waals surface area contributed by atoms with Crippen LogP contribution in [0.2, 0.25) is 5.02 Å². The van der Waals surface area contributed by atoms with E-state index in [2.05, 4.69) is 11.9 Å². The van der Waals surface area contributed by atoms with Gasteiger partial charge in [0.2, 0.25) is 5.91 Å². The zero-order valence-electron chi connectivity index (χ0n) is 17.3. The molecule has 3 aromatic rings. The molecule has 1 aromatic carbocycles. The molecule has 0 unspecified atom stereocenters. The maximum atomic E-state index is 12.6. The van der Waals surface area contributed by atoms with Crippen LogP contribution in [0.4, 0.5) is 0 Å². The van der Waals surface area contributed by atoms with Crippen molar-refractivity contribution in [2.24, 2.45) is 0 Å². The second kappa shape index (κ2) is 10.5. The molecule has 2 aromatic heterocycles. The first kappa shape index (κ1) is 22.2. The number of amides is 1. The van der Waals surface area contributed by atoms with E-state index in [0.717, 1.165) is 36.3 Å². The van der Waals surface area contributed by atoms with Crippen LogP contribution >= 0.6 is 23.8 Å². The molecular weight excluding hydrogens is 418 g/mol. The summed E-state index contributed by atoms with van der Waals surface area (Å²) in [4.78, 5) is 18.4. The van der Waals surface area contributed by atoms with Crippen molar-refractivity contribution in [1.29, 1.82) is 0 Å². The highest BCUT2D eigenvalue weighted by atomic mass is 35.5. The van der Waals surface area contributed by atoms with Crippen LogP contribution in [0.5, 0.6) is 0 Å². The van der Waals surface area contributed by atoms with E-state index in [1.807, 2.05) is 41.0 Å². The Kier molecular flexibility index (Phi) is 7.76. The van der Waals surface area contributed by atoms with Gasteiger partial charge >= 0.3 is 0 Å². The minimum absolute atomic E-state index is 0.0388. The van der Waals surface area contributed by atoms with Crippen molar-refractivity contribution in [2.45, 2.75) is 45.8 Å². The molecule has 0 saturated carbocycles. The Morgan fingerprint density at radius 2 is 1.97 bits per heavy atom. The average Bonchev–Trinajstić information content (AvgIpc) is 3.07. The van der Waals surface area contributed by atoms with E-state index in [4.69, 9.17) is 28.9 Å². The predicted molar refractivity (Wildman–Crippen MR) is 122 cm³/mol. The van der Waals surface area contributed by atoms with Crippen LogP contribution in [-0.4, -0.2) is 37.2 Å². The molecule has 8 heteroatoms. The van der Waals surface area contributed by atoms with Gasteiger partial charge in [-0.2, -0.15) is 5.10 Å². The molecule has 0 aliphatic heterocycles. The number of unbranched alkanes of at least 4 members (excludes halogenated alkanes) is 1. The molecule has 1 amide bonds. The number of carbonyl (C=O) groups excluding carboxylic acids is 1. The Bertz CT molecular complexity index is 1030. The molecule has 30 heavy (non-hydrogen) atoms. The Morgan fingerprint density at radius 3 is 2.63 bits per heavy atom. The fourth-order valence-corrected chi connectivity index (χ4v) is 3.60. The van der Waals surface area contributed by atoms with E-state index in [1.165, 1.54) is 0 Å². The van der Waals surface area contributed by atoms with Gasteiger partial charge in [-0.1, -0.05) is 31.0 Å². The molecule has 158 valence electrons. The summed E-state index contributed by atoms with van der Waals surface area (Å²) >= 11 is 11.7. The number of aromatic nitrogens is 4. The normalized spacial score (nSPS) is 10.9. The molecule has 0 radical (unpaired) electrons. The van der Waals surface area contributed by atoms with Crippen LogP contribution in [0.3, 0.4) is 0 Å². The number of pyridine rings is 1. The number of hydrogen-bond donors (Lipinski definition) is 0. The highest BCUT2D eigenvalue weighted by Crippen LogP contribution is 2.21. The summed E-state index contributed by atoms with van der Waals surface area (Å²) in [5.74, 6) is 0.846. The van der Waals surface area contributed by atoms with Crippen molar-refractivity contribution in [1.82, 2.24) is 24.2 Å². The lowest BCUT2D eigenvalue weighted by Crippen LogP contribution is -2.27. The molecule has 0 atom stereocenters. The van der Waals surface area contributed by atoms with Crippen LogP contribution in [0.1, 0.15) is 31.7 Å². The van der Waals surface area contributed by atoms with E-state index in [9.17, 15) is 4.79 Å². The minimum Gasteiger partial charge on any atom is -0.341 e. The summed E-state index contributed by atoms with van der Waals surface area (Å²) in [6.45, 7) is 3.91. The van der Waals surface area contributed by atoms with Crippen LogP contribution in [0, 0.1) is 4.77 Å². The molecule has 0 aliphatic rings. The van der Waals surface area contributed by atoms with Crippen molar-refractivity contribution < 1.29 is 4.79 Å². The molecule has 3 rings (SSSR count). The molecule has 6 nitrogen and oxygen atoms in total. The minimum atomic E-state index is 0.0388. The van der Waals surface area contributed by atoms with Gasteiger partial charge < -0.3 is 4.90 Å². The van der Waals surface area contributed by atoms with Crippen molar-refractivity contribution in [3.8, 4) is 11.4 Å². The van der Waals surface area contributed by atoms with Gasteiger partial charge in [0.15, 0.2) is 10.6 Å². The second-order valence-electron chi connectivity index (χ2n) is 7.20. The van der Waals surface area contributed by atoms with Crippen LogP contribution < -0.4 is 0 Å². The lowest BCUT2D eigenvalue weighted by Gasteiger charge is -2.17. The van der Waals surface area contributed by atoms with E-state index in [-0.39, 0.29) is 5.91 Å². The number of rotatable bonds is 9. The summed E-state index contributed by atoms with van der Waals surface area (Å²) < 4.78 is 4.44. The number of aryl methyl sites for hydroxylation is 1. The van der Waals surface area contributed by atoms with E-state index in [1.54, 1.807) is 29.0 Å². The molecule has 0 fully saturated rings. The van der Waals surface area contributed by atoms with E-state index < -0.39 is 0 Å². The smallest absolute Gasteiger partial charge is 0.224 e. The third kappa shape index (κ3) is 5.55. The molecule has 0 saturated heterocycles.